The van der Waals surface area contributed by atoms with E-state index in [0.29, 0.717) is 6.42 Å². The summed E-state index contributed by atoms with van der Waals surface area (Å²) in [7, 11) is -4.76. The molecule has 0 aliphatic rings. The first-order chi connectivity index (χ1) is 27.3. The summed E-state index contributed by atoms with van der Waals surface area (Å²) < 4.78 is 26.4. The van der Waals surface area contributed by atoms with Crippen molar-refractivity contribution in [1.82, 2.24) is 0 Å². The van der Waals surface area contributed by atoms with Crippen LogP contribution < -0.4 is 0 Å². The van der Waals surface area contributed by atoms with Crippen molar-refractivity contribution in [1.29, 1.82) is 0 Å². The fraction of sp³-hybridized carbons (Fsp3) is 0.872. The van der Waals surface area contributed by atoms with Gasteiger partial charge >= 0.3 is 19.8 Å². The molecule has 0 aromatic heterocycles. The molecule has 0 spiro atoms. The van der Waals surface area contributed by atoms with Crippen LogP contribution in [0.2, 0.25) is 0 Å². The Balaban J connectivity index is 3.80. The number of phosphoric acid groups is 1. The first kappa shape index (κ1) is 54.5. The molecule has 0 saturated carbocycles. The summed E-state index contributed by atoms with van der Waals surface area (Å²) in [6.45, 7) is 3.68. The number of hydrogen-bond donors (Lipinski definition) is 2. The molecule has 0 unspecified atom stereocenters. The van der Waals surface area contributed by atoms with Gasteiger partial charge in [0.05, 0.1) is 6.61 Å². The maximum absolute atomic E-state index is 12.4. The van der Waals surface area contributed by atoms with Crippen molar-refractivity contribution in [3.8, 4) is 0 Å². The first-order valence-electron chi connectivity index (χ1n) is 23.6. The minimum Gasteiger partial charge on any atom is -0.462 e. The standard InChI is InChI=1S/C47H89O8P/c1-3-5-7-9-11-13-15-17-19-20-21-22-23-24-25-26-28-29-31-33-35-37-39-41-46(48)53-43-45(44-54-56(50,51)52)55-47(49)42-40-38-36-34-32-30-27-18-16-14-12-10-8-6-4-2/h12,14,18,27,45H,3-11,13,15-17,19-26,28-44H2,1-2H3,(H2,50,51,52)/b14-12+,27-18+/t45-/m1/s1. The molecule has 0 amide bonds. The molecule has 1 atom stereocenters. The topological polar surface area (TPSA) is 119 Å². The van der Waals surface area contributed by atoms with E-state index in [4.69, 9.17) is 19.3 Å². The highest BCUT2D eigenvalue weighted by Gasteiger charge is 2.23. The van der Waals surface area contributed by atoms with Gasteiger partial charge in [0.1, 0.15) is 6.61 Å². The van der Waals surface area contributed by atoms with Crippen LogP contribution in [0.3, 0.4) is 0 Å². The zero-order chi connectivity index (χ0) is 41.1. The van der Waals surface area contributed by atoms with E-state index in [1.165, 1.54) is 154 Å². The summed E-state index contributed by atoms with van der Waals surface area (Å²) in [5.74, 6) is -0.889. The Morgan fingerprint density at radius 1 is 0.464 bits per heavy atom. The molecular weight excluding hydrogens is 723 g/mol. The Kier molecular flexibility index (Phi) is 42.0. The number of carbonyl (C=O) groups is 2. The highest BCUT2D eigenvalue weighted by Crippen LogP contribution is 2.36. The summed E-state index contributed by atoms with van der Waals surface area (Å²) in [6.07, 6.45) is 50.5. The van der Waals surface area contributed by atoms with Crippen LogP contribution in [0.15, 0.2) is 24.3 Å². The average Bonchev–Trinajstić information content (AvgIpc) is 3.17. The van der Waals surface area contributed by atoms with Gasteiger partial charge in [-0.1, -0.05) is 212 Å². The quantitative estimate of drug-likeness (QED) is 0.0270. The molecule has 0 aliphatic heterocycles. The van der Waals surface area contributed by atoms with Crippen molar-refractivity contribution in [2.75, 3.05) is 13.2 Å². The van der Waals surface area contributed by atoms with Crippen molar-refractivity contribution in [3.63, 3.8) is 0 Å². The molecule has 0 heterocycles. The van der Waals surface area contributed by atoms with E-state index < -0.39 is 32.5 Å². The normalized spacial score (nSPS) is 12.6. The van der Waals surface area contributed by atoms with Crippen molar-refractivity contribution in [2.24, 2.45) is 0 Å². The third kappa shape index (κ3) is 45.2. The third-order valence-corrected chi connectivity index (χ3v) is 11.0. The van der Waals surface area contributed by atoms with Crippen LogP contribution >= 0.6 is 7.82 Å². The van der Waals surface area contributed by atoms with Crippen LogP contribution in [0.4, 0.5) is 0 Å². The number of allylic oxidation sites excluding steroid dienone is 4. The second-order valence-corrected chi connectivity index (χ2v) is 17.3. The molecular formula is C47H89O8P. The van der Waals surface area contributed by atoms with Gasteiger partial charge in [0.15, 0.2) is 6.10 Å². The molecule has 9 heteroatoms. The van der Waals surface area contributed by atoms with Crippen LogP contribution in [0, 0.1) is 0 Å². The molecule has 8 nitrogen and oxygen atoms in total. The van der Waals surface area contributed by atoms with Crippen LogP contribution in [0.25, 0.3) is 0 Å². The molecule has 0 fully saturated rings. The van der Waals surface area contributed by atoms with Crippen molar-refractivity contribution in [3.05, 3.63) is 24.3 Å². The summed E-state index contributed by atoms with van der Waals surface area (Å²) in [5.41, 5.74) is 0. The number of rotatable bonds is 44. The van der Waals surface area contributed by atoms with Gasteiger partial charge in [-0.05, 0) is 44.9 Å². The third-order valence-electron chi connectivity index (χ3n) is 10.5. The Bertz CT molecular complexity index is 962. The number of hydrogen-bond acceptors (Lipinski definition) is 6. The maximum Gasteiger partial charge on any atom is 0.469 e. The van der Waals surface area contributed by atoms with Crippen molar-refractivity contribution >= 4 is 19.8 Å². The monoisotopic (exact) mass is 813 g/mol. The molecule has 330 valence electrons. The molecule has 0 aliphatic carbocycles. The summed E-state index contributed by atoms with van der Waals surface area (Å²) in [5, 5.41) is 0. The molecule has 0 radical (unpaired) electrons. The largest absolute Gasteiger partial charge is 0.469 e. The Morgan fingerprint density at radius 2 is 0.804 bits per heavy atom. The lowest BCUT2D eigenvalue weighted by Gasteiger charge is -2.18. The van der Waals surface area contributed by atoms with Crippen molar-refractivity contribution < 1.29 is 37.9 Å². The van der Waals surface area contributed by atoms with E-state index in [1.807, 2.05) is 0 Å². The molecule has 0 bridgehead atoms. The molecule has 2 N–H and O–H groups in total. The average molecular weight is 813 g/mol. The van der Waals surface area contributed by atoms with Crippen LogP contribution in [-0.2, 0) is 28.2 Å². The lowest BCUT2D eigenvalue weighted by molar-refractivity contribution is -0.161. The van der Waals surface area contributed by atoms with E-state index in [0.717, 1.165) is 57.8 Å². The predicted molar refractivity (Wildman–Crippen MR) is 235 cm³/mol. The zero-order valence-electron chi connectivity index (χ0n) is 36.5. The van der Waals surface area contributed by atoms with Gasteiger partial charge in [-0.2, -0.15) is 0 Å². The highest BCUT2D eigenvalue weighted by molar-refractivity contribution is 7.46. The molecule has 0 saturated heterocycles. The first-order valence-corrected chi connectivity index (χ1v) is 25.2. The van der Waals surface area contributed by atoms with E-state index in [2.05, 4.69) is 42.7 Å². The highest BCUT2D eigenvalue weighted by atomic mass is 31.2. The molecule has 0 rings (SSSR count). The predicted octanol–water partition coefficient (Wildman–Crippen LogP) is 14.7. The maximum atomic E-state index is 12.4. The Labute approximate surface area is 345 Å². The SMILES string of the molecule is CCCCC/C=C/C/C=C/CCCCCCCC(=O)O[C@H](COC(=O)CCCCCCCCCCCCCCCCCCCCCCCCC)COP(=O)(O)O. The second-order valence-electron chi connectivity index (χ2n) is 16.1. The number of phosphoric ester groups is 1. The fourth-order valence-corrected chi connectivity index (χ4v) is 7.30. The van der Waals surface area contributed by atoms with Gasteiger partial charge < -0.3 is 19.3 Å². The van der Waals surface area contributed by atoms with Crippen LogP contribution in [0.5, 0.6) is 0 Å². The van der Waals surface area contributed by atoms with E-state index in [9.17, 15) is 14.2 Å². The molecule has 0 aromatic carbocycles. The lowest BCUT2D eigenvalue weighted by Crippen LogP contribution is -2.29. The lowest BCUT2D eigenvalue weighted by atomic mass is 10.0. The second kappa shape index (κ2) is 43.1. The number of unbranched alkanes of at least 4 members (excludes halogenated alkanes) is 30. The smallest absolute Gasteiger partial charge is 0.462 e. The van der Waals surface area contributed by atoms with E-state index in [1.54, 1.807) is 0 Å². The van der Waals surface area contributed by atoms with Gasteiger partial charge in [-0.25, -0.2) is 4.57 Å². The summed E-state index contributed by atoms with van der Waals surface area (Å²) >= 11 is 0. The molecule has 0 aromatic rings. The van der Waals surface area contributed by atoms with Crippen LogP contribution in [0.1, 0.15) is 245 Å². The van der Waals surface area contributed by atoms with E-state index in [-0.39, 0.29) is 19.4 Å². The minimum absolute atomic E-state index is 0.199. The van der Waals surface area contributed by atoms with Gasteiger partial charge in [-0.15, -0.1) is 0 Å². The minimum atomic E-state index is -4.76. The van der Waals surface area contributed by atoms with Crippen molar-refractivity contribution in [2.45, 2.75) is 251 Å². The zero-order valence-corrected chi connectivity index (χ0v) is 37.4. The number of ether oxygens (including phenoxy) is 2. The Morgan fingerprint density at radius 3 is 1.21 bits per heavy atom. The van der Waals surface area contributed by atoms with Gasteiger partial charge in [0, 0.05) is 12.8 Å². The van der Waals surface area contributed by atoms with Crippen LogP contribution in [-0.4, -0.2) is 41.0 Å². The Hall–Kier alpha value is -1.47. The van der Waals surface area contributed by atoms with Gasteiger partial charge in [0.25, 0.3) is 0 Å². The fourth-order valence-electron chi connectivity index (χ4n) is 6.93. The van der Waals surface area contributed by atoms with Gasteiger partial charge in [0.2, 0.25) is 0 Å². The summed E-state index contributed by atoms with van der Waals surface area (Å²) in [4.78, 5) is 42.9. The van der Waals surface area contributed by atoms with E-state index >= 15 is 0 Å². The number of carbonyl (C=O) groups excluding carboxylic acids is 2. The number of esters is 2. The summed E-state index contributed by atoms with van der Waals surface area (Å²) in [6, 6.07) is 0. The van der Waals surface area contributed by atoms with Gasteiger partial charge in [-0.3, -0.25) is 14.1 Å². The molecule has 56 heavy (non-hydrogen) atoms.